The molecule has 0 aliphatic rings. The molecule has 0 radical (unpaired) electrons. The van der Waals surface area contributed by atoms with E-state index in [0.29, 0.717) is 17.4 Å². The van der Waals surface area contributed by atoms with Crippen molar-refractivity contribution in [2.24, 2.45) is 0 Å². The molecule has 0 N–H and O–H groups in total. The molecule has 0 fully saturated rings. The Bertz CT molecular complexity index is 1400. The van der Waals surface area contributed by atoms with Gasteiger partial charge >= 0.3 is 11.9 Å². The van der Waals surface area contributed by atoms with Gasteiger partial charge in [0.1, 0.15) is 19.8 Å². The van der Waals surface area contributed by atoms with Crippen LogP contribution in [0, 0.1) is 0 Å². The van der Waals surface area contributed by atoms with Crippen molar-refractivity contribution in [3.05, 3.63) is 72.9 Å². The summed E-state index contributed by atoms with van der Waals surface area (Å²) >= 11 is 0. The van der Waals surface area contributed by atoms with Crippen LogP contribution in [0.15, 0.2) is 72.9 Å². The first-order valence-corrected chi connectivity index (χ1v) is 29.6. The Hall–Kier alpha value is -2.55. The summed E-state index contributed by atoms with van der Waals surface area (Å²) in [6.45, 7) is 4.11. The van der Waals surface area contributed by atoms with Gasteiger partial charge in [-0.15, -0.1) is 0 Å². The van der Waals surface area contributed by atoms with Gasteiger partial charge in [-0.2, -0.15) is 0 Å². The van der Waals surface area contributed by atoms with Gasteiger partial charge in [0.05, 0.1) is 27.7 Å². The SMILES string of the molecule is CC/C=C\C/C=C\C/C=C\C/C=C\C/C=C\CCCCCCCCCCCCCCCCCC(=O)OC(COC(=O)CCCCCCC/C=C\CCCCCCC)COP(=O)([O-])OCC[N+](C)(C)C. The van der Waals surface area contributed by atoms with E-state index in [0.717, 1.165) is 89.9 Å². The lowest BCUT2D eigenvalue weighted by Crippen LogP contribution is -2.37. The van der Waals surface area contributed by atoms with Gasteiger partial charge in [-0.25, -0.2) is 0 Å². The first-order valence-electron chi connectivity index (χ1n) is 28.1. The molecule has 2 atom stereocenters. The van der Waals surface area contributed by atoms with Crippen molar-refractivity contribution in [2.45, 2.75) is 245 Å². The van der Waals surface area contributed by atoms with Gasteiger partial charge in [0.25, 0.3) is 7.82 Å². The zero-order valence-corrected chi connectivity index (χ0v) is 46.1. The molecule has 0 aromatic heterocycles. The smallest absolute Gasteiger partial charge is 0.306 e. The van der Waals surface area contributed by atoms with Crippen LogP contribution in [0.2, 0.25) is 0 Å². The number of unbranched alkanes of at least 4 members (excludes halogenated alkanes) is 25. The van der Waals surface area contributed by atoms with Crippen LogP contribution in [0.25, 0.3) is 0 Å². The van der Waals surface area contributed by atoms with Crippen molar-refractivity contribution in [1.29, 1.82) is 0 Å². The molecular weight excluding hydrogens is 882 g/mol. The number of allylic oxidation sites excluding steroid dienone is 12. The summed E-state index contributed by atoms with van der Waals surface area (Å²) in [4.78, 5) is 37.8. The number of nitrogens with zero attached hydrogens (tertiary/aromatic N) is 1. The average Bonchev–Trinajstić information content (AvgIpc) is 3.31. The van der Waals surface area contributed by atoms with Crippen molar-refractivity contribution in [3.63, 3.8) is 0 Å². The molecule has 400 valence electrons. The highest BCUT2D eigenvalue weighted by atomic mass is 31.2. The number of likely N-dealkylation sites (N-methyl/N-ethyl adjacent to an activating group) is 1. The molecule has 69 heavy (non-hydrogen) atoms. The number of phosphoric ester groups is 1. The van der Waals surface area contributed by atoms with Crippen LogP contribution in [0.5, 0.6) is 0 Å². The van der Waals surface area contributed by atoms with Crippen molar-refractivity contribution in [1.82, 2.24) is 0 Å². The third-order valence-electron chi connectivity index (χ3n) is 12.0. The molecule has 0 amide bonds. The monoisotopic (exact) mass is 988 g/mol. The highest BCUT2D eigenvalue weighted by Crippen LogP contribution is 2.38. The second kappa shape index (κ2) is 50.4. The molecule has 0 aromatic carbocycles. The Kier molecular flexibility index (Phi) is 48.5. The van der Waals surface area contributed by atoms with Crippen LogP contribution < -0.4 is 4.89 Å². The molecule has 2 unspecified atom stereocenters. The predicted octanol–water partition coefficient (Wildman–Crippen LogP) is 16.7. The van der Waals surface area contributed by atoms with Crippen LogP contribution in [0.3, 0.4) is 0 Å². The number of phosphoric acid groups is 1. The van der Waals surface area contributed by atoms with Crippen LogP contribution >= 0.6 is 7.82 Å². The van der Waals surface area contributed by atoms with E-state index in [9.17, 15) is 19.0 Å². The third kappa shape index (κ3) is 54.6. The second-order valence-corrected chi connectivity index (χ2v) is 21.3. The quantitative estimate of drug-likeness (QED) is 0.0195. The molecule has 0 aromatic rings. The lowest BCUT2D eigenvalue weighted by atomic mass is 10.0. The normalized spacial score (nSPS) is 13.9. The van der Waals surface area contributed by atoms with Gasteiger partial charge in [0.2, 0.25) is 0 Å². The maximum atomic E-state index is 12.8. The maximum Gasteiger partial charge on any atom is 0.306 e. The topological polar surface area (TPSA) is 111 Å². The first-order chi connectivity index (χ1) is 33.5. The first kappa shape index (κ1) is 66.5. The summed E-state index contributed by atoms with van der Waals surface area (Å²) in [5.74, 6) is -0.841. The number of carbonyl (C=O) groups is 2. The van der Waals surface area contributed by atoms with Crippen molar-refractivity contribution in [3.8, 4) is 0 Å². The number of hydrogen-bond donors (Lipinski definition) is 0. The minimum Gasteiger partial charge on any atom is -0.756 e. The third-order valence-corrected chi connectivity index (χ3v) is 12.9. The van der Waals surface area contributed by atoms with Crippen LogP contribution in [0.4, 0.5) is 0 Å². The Morgan fingerprint density at radius 1 is 0.464 bits per heavy atom. The Balaban J connectivity index is 4.10. The predicted molar refractivity (Wildman–Crippen MR) is 291 cm³/mol. The Labute approximate surface area is 425 Å². The molecule has 0 saturated carbocycles. The molecule has 0 heterocycles. The molecule has 0 rings (SSSR count). The number of carbonyl (C=O) groups excluding carboxylic acids is 2. The second-order valence-electron chi connectivity index (χ2n) is 19.9. The number of esters is 2. The van der Waals surface area contributed by atoms with E-state index in [1.54, 1.807) is 0 Å². The van der Waals surface area contributed by atoms with Crippen molar-refractivity contribution >= 4 is 19.8 Å². The average molecular weight is 988 g/mol. The number of ether oxygens (including phenoxy) is 2. The van der Waals surface area contributed by atoms with E-state index in [2.05, 4.69) is 86.8 Å². The van der Waals surface area contributed by atoms with E-state index in [-0.39, 0.29) is 26.1 Å². The fraction of sp³-hybridized carbons (Fsp3) is 0.763. The summed E-state index contributed by atoms with van der Waals surface area (Å²) in [7, 11) is 1.16. The van der Waals surface area contributed by atoms with Crippen LogP contribution in [-0.4, -0.2) is 70.0 Å². The van der Waals surface area contributed by atoms with E-state index >= 15 is 0 Å². The highest BCUT2D eigenvalue weighted by Gasteiger charge is 2.21. The van der Waals surface area contributed by atoms with Crippen molar-refractivity contribution in [2.75, 3.05) is 47.5 Å². The van der Waals surface area contributed by atoms with Crippen LogP contribution in [0.1, 0.15) is 239 Å². The molecule has 0 aliphatic heterocycles. The molecule has 10 heteroatoms. The van der Waals surface area contributed by atoms with Crippen LogP contribution in [-0.2, 0) is 32.7 Å². The number of quaternary nitrogens is 1. The minimum absolute atomic E-state index is 0.0335. The zero-order valence-electron chi connectivity index (χ0n) is 45.2. The minimum atomic E-state index is -4.64. The lowest BCUT2D eigenvalue weighted by molar-refractivity contribution is -0.870. The molecule has 0 aliphatic carbocycles. The van der Waals surface area contributed by atoms with Gasteiger partial charge in [-0.3, -0.25) is 14.2 Å². The highest BCUT2D eigenvalue weighted by molar-refractivity contribution is 7.45. The fourth-order valence-electron chi connectivity index (χ4n) is 7.62. The van der Waals surface area contributed by atoms with Gasteiger partial charge < -0.3 is 27.9 Å². The lowest BCUT2D eigenvalue weighted by Gasteiger charge is -2.28. The van der Waals surface area contributed by atoms with Crippen molar-refractivity contribution < 1.29 is 42.1 Å². The standard InChI is InChI=1S/C59H106NO8P/c1-6-8-10-12-14-16-18-20-22-23-24-25-26-27-28-29-30-31-32-33-34-35-36-37-38-40-42-44-46-48-50-52-59(62)68-57(56-67-69(63,64)66-54-53-60(3,4)5)55-65-58(61)51-49-47-45-43-41-39-21-19-17-15-13-11-9-7-2/h8,10,14,16,19-22,24-25,27-28,57H,6-7,9,11-13,15,17-18,23,26,29-56H2,1-5H3/b10-8-,16-14-,21-19-,22-20-,25-24-,28-27-. The summed E-state index contributed by atoms with van der Waals surface area (Å²) in [5.41, 5.74) is 0. The molecule has 0 bridgehead atoms. The van der Waals surface area contributed by atoms with Gasteiger partial charge in [-0.1, -0.05) is 215 Å². The summed E-state index contributed by atoms with van der Waals surface area (Å²) < 4.78 is 34.1. The summed E-state index contributed by atoms with van der Waals surface area (Å²) in [6, 6.07) is 0. The van der Waals surface area contributed by atoms with E-state index in [1.807, 2.05) is 21.1 Å². The molecule has 0 spiro atoms. The number of rotatable bonds is 51. The molecule has 0 saturated heterocycles. The van der Waals surface area contributed by atoms with E-state index in [4.69, 9.17) is 18.5 Å². The van der Waals surface area contributed by atoms with E-state index < -0.39 is 32.5 Å². The molecular formula is C59H106NO8P. The summed E-state index contributed by atoms with van der Waals surface area (Å²) in [5, 5.41) is 0. The van der Waals surface area contributed by atoms with E-state index in [1.165, 1.54) is 116 Å². The fourth-order valence-corrected chi connectivity index (χ4v) is 8.35. The van der Waals surface area contributed by atoms with Gasteiger partial charge in [-0.05, 0) is 83.5 Å². The molecule has 9 nitrogen and oxygen atoms in total. The Morgan fingerprint density at radius 2 is 0.826 bits per heavy atom. The maximum absolute atomic E-state index is 12.8. The van der Waals surface area contributed by atoms with Gasteiger partial charge in [0, 0.05) is 12.8 Å². The van der Waals surface area contributed by atoms with Gasteiger partial charge in [0.15, 0.2) is 6.10 Å². The number of hydrogen-bond acceptors (Lipinski definition) is 8. The summed E-state index contributed by atoms with van der Waals surface area (Å²) in [6.07, 6.45) is 65.2. The zero-order chi connectivity index (χ0) is 50.6. The largest absolute Gasteiger partial charge is 0.756 e. The Morgan fingerprint density at radius 3 is 1.25 bits per heavy atom.